The van der Waals surface area contributed by atoms with Crippen LogP contribution in [-0.2, 0) is 6.18 Å². The molecule has 0 spiro atoms. The van der Waals surface area contributed by atoms with E-state index in [1.54, 1.807) is 0 Å². The molecule has 2 rings (SSSR count). The van der Waals surface area contributed by atoms with E-state index in [0.29, 0.717) is 12.4 Å². The van der Waals surface area contributed by atoms with Crippen molar-refractivity contribution < 1.29 is 13.2 Å². The second-order valence-corrected chi connectivity index (χ2v) is 3.58. The number of anilines is 1. The summed E-state index contributed by atoms with van der Waals surface area (Å²) in [5, 5.41) is 6.00. The van der Waals surface area contributed by atoms with E-state index < -0.39 is 11.7 Å². The molecule has 1 aliphatic heterocycles. The lowest BCUT2D eigenvalue weighted by Crippen LogP contribution is -2.31. The minimum absolute atomic E-state index is 0.0866. The van der Waals surface area contributed by atoms with E-state index in [9.17, 15) is 13.2 Å². The van der Waals surface area contributed by atoms with Gasteiger partial charge in [0.2, 0.25) is 0 Å². The molecule has 1 aromatic rings. The molecule has 2 nitrogen and oxygen atoms in total. The Kier molecular flexibility index (Phi) is 2.34. The van der Waals surface area contributed by atoms with Crippen molar-refractivity contribution in [2.24, 2.45) is 0 Å². The summed E-state index contributed by atoms with van der Waals surface area (Å²) >= 11 is 0. The quantitative estimate of drug-likeness (QED) is 0.696. The zero-order valence-electron chi connectivity index (χ0n) is 8.15. The number of hydrogen-bond donors (Lipinski definition) is 2. The maximum Gasteiger partial charge on any atom is 0.416 e. The van der Waals surface area contributed by atoms with Gasteiger partial charge >= 0.3 is 6.18 Å². The van der Waals surface area contributed by atoms with Crippen LogP contribution in [0.4, 0.5) is 18.9 Å². The average molecular weight is 216 g/mol. The van der Waals surface area contributed by atoms with E-state index in [4.69, 9.17) is 0 Å². The zero-order chi connectivity index (χ0) is 11.1. The average Bonchev–Trinajstić information content (AvgIpc) is 2.16. The van der Waals surface area contributed by atoms with E-state index >= 15 is 0 Å². The van der Waals surface area contributed by atoms with Crippen LogP contribution < -0.4 is 10.6 Å². The molecule has 0 amide bonds. The van der Waals surface area contributed by atoms with Gasteiger partial charge < -0.3 is 5.32 Å². The Morgan fingerprint density at radius 3 is 2.73 bits per heavy atom. The molecule has 0 aromatic heterocycles. The van der Waals surface area contributed by atoms with E-state index in [1.165, 1.54) is 6.07 Å². The van der Waals surface area contributed by atoms with E-state index in [-0.39, 0.29) is 6.04 Å². The fourth-order valence-corrected chi connectivity index (χ4v) is 1.67. The molecule has 0 radical (unpaired) electrons. The smallest absolute Gasteiger partial charge is 0.372 e. The summed E-state index contributed by atoms with van der Waals surface area (Å²) in [5.74, 6) is 0. The summed E-state index contributed by atoms with van der Waals surface area (Å²) in [6.07, 6.45) is -4.27. The summed E-state index contributed by atoms with van der Waals surface area (Å²) < 4.78 is 37.2. The third-order valence-corrected chi connectivity index (χ3v) is 2.53. The number of benzene rings is 1. The second-order valence-electron chi connectivity index (χ2n) is 3.58. The fourth-order valence-electron chi connectivity index (χ4n) is 1.67. The minimum atomic E-state index is -4.27. The van der Waals surface area contributed by atoms with Gasteiger partial charge in [-0.05, 0) is 24.6 Å². The number of alkyl halides is 3. The fraction of sp³-hybridized carbons (Fsp3) is 0.400. The zero-order valence-corrected chi connectivity index (χ0v) is 8.15. The van der Waals surface area contributed by atoms with Gasteiger partial charge in [0.25, 0.3) is 0 Å². The number of fused-ring (bicyclic) bond motifs is 1. The molecule has 1 atom stereocenters. The van der Waals surface area contributed by atoms with Gasteiger partial charge in [-0.15, -0.1) is 0 Å². The molecule has 0 bridgehead atoms. The first-order valence-corrected chi connectivity index (χ1v) is 4.67. The van der Waals surface area contributed by atoms with Gasteiger partial charge in [-0.3, -0.25) is 5.32 Å². The predicted octanol–water partition coefficient (Wildman–Crippen LogP) is 2.74. The molecular formula is C10H11F3N2. The minimum Gasteiger partial charge on any atom is -0.372 e. The highest BCUT2D eigenvalue weighted by molar-refractivity contribution is 5.56. The Hall–Kier alpha value is -1.23. The molecule has 1 heterocycles. The highest BCUT2D eigenvalue weighted by Gasteiger charge is 2.31. The van der Waals surface area contributed by atoms with Crippen molar-refractivity contribution in [2.75, 3.05) is 12.0 Å². The Labute approximate surface area is 85.5 Å². The summed E-state index contributed by atoms with van der Waals surface area (Å²) in [4.78, 5) is 0. The molecule has 82 valence electrons. The van der Waals surface area contributed by atoms with Crippen molar-refractivity contribution in [3.8, 4) is 0 Å². The summed E-state index contributed by atoms with van der Waals surface area (Å²) in [5.41, 5.74) is 0.827. The van der Waals surface area contributed by atoms with Gasteiger partial charge in [-0.2, -0.15) is 13.2 Å². The Bertz CT molecular complexity index is 373. The van der Waals surface area contributed by atoms with Crippen molar-refractivity contribution in [1.29, 1.82) is 0 Å². The van der Waals surface area contributed by atoms with Crippen molar-refractivity contribution in [2.45, 2.75) is 19.1 Å². The van der Waals surface area contributed by atoms with Crippen LogP contribution in [0.25, 0.3) is 0 Å². The van der Waals surface area contributed by atoms with Gasteiger partial charge in [0.1, 0.15) is 0 Å². The highest BCUT2D eigenvalue weighted by atomic mass is 19.4. The number of hydrogen-bond acceptors (Lipinski definition) is 2. The van der Waals surface area contributed by atoms with Crippen molar-refractivity contribution in [3.63, 3.8) is 0 Å². The Balaban J connectivity index is 2.42. The van der Waals surface area contributed by atoms with Crippen LogP contribution in [-0.4, -0.2) is 6.67 Å². The van der Waals surface area contributed by atoms with Gasteiger partial charge in [-0.1, -0.05) is 6.07 Å². The van der Waals surface area contributed by atoms with Gasteiger partial charge in [0, 0.05) is 11.7 Å². The first-order chi connectivity index (χ1) is 6.98. The van der Waals surface area contributed by atoms with Crippen LogP contribution in [0, 0.1) is 0 Å². The molecule has 15 heavy (non-hydrogen) atoms. The topological polar surface area (TPSA) is 24.1 Å². The van der Waals surface area contributed by atoms with Gasteiger partial charge in [0.15, 0.2) is 0 Å². The first kappa shape index (κ1) is 10.3. The van der Waals surface area contributed by atoms with Crippen LogP contribution in [0.2, 0.25) is 0 Å². The van der Waals surface area contributed by atoms with E-state index in [2.05, 4.69) is 10.6 Å². The molecule has 0 fully saturated rings. The summed E-state index contributed by atoms with van der Waals surface area (Å²) in [6.45, 7) is 2.42. The highest BCUT2D eigenvalue weighted by Crippen LogP contribution is 2.34. The van der Waals surface area contributed by atoms with Crippen LogP contribution >= 0.6 is 0 Å². The summed E-state index contributed by atoms with van der Waals surface area (Å²) in [6, 6.07) is 3.88. The molecular weight excluding hydrogens is 205 g/mol. The molecule has 0 saturated heterocycles. The van der Waals surface area contributed by atoms with Crippen LogP contribution in [0.5, 0.6) is 0 Å². The maximum atomic E-state index is 12.4. The van der Waals surface area contributed by atoms with Crippen molar-refractivity contribution >= 4 is 5.69 Å². The predicted molar refractivity (Wildman–Crippen MR) is 51.5 cm³/mol. The lowest BCUT2D eigenvalue weighted by molar-refractivity contribution is -0.137. The monoisotopic (exact) mass is 216 g/mol. The molecule has 0 unspecified atom stereocenters. The Morgan fingerprint density at radius 2 is 2.07 bits per heavy atom. The third kappa shape index (κ3) is 1.92. The lowest BCUT2D eigenvalue weighted by Gasteiger charge is -2.26. The van der Waals surface area contributed by atoms with Gasteiger partial charge in [-0.25, -0.2) is 0 Å². The van der Waals surface area contributed by atoms with E-state index in [0.717, 1.165) is 17.7 Å². The molecule has 0 aliphatic carbocycles. The van der Waals surface area contributed by atoms with Crippen LogP contribution in [0.1, 0.15) is 24.1 Å². The standard InChI is InChI=1S/C10H11F3N2/c1-6-8-3-2-7(10(11,12)13)4-9(8)15-5-14-6/h2-4,6,14-15H,5H2,1H3/t6-/m0/s1. The van der Waals surface area contributed by atoms with E-state index in [1.807, 2.05) is 6.92 Å². The maximum absolute atomic E-state index is 12.4. The van der Waals surface area contributed by atoms with Crippen LogP contribution in [0.15, 0.2) is 18.2 Å². The Morgan fingerprint density at radius 1 is 1.33 bits per heavy atom. The number of nitrogens with one attached hydrogen (secondary N) is 2. The largest absolute Gasteiger partial charge is 0.416 e. The first-order valence-electron chi connectivity index (χ1n) is 4.67. The normalized spacial score (nSPS) is 20.7. The number of halogens is 3. The third-order valence-electron chi connectivity index (χ3n) is 2.53. The van der Waals surface area contributed by atoms with Gasteiger partial charge in [0.05, 0.1) is 12.2 Å². The molecule has 5 heteroatoms. The molecule has 0 saturated carbocycles. The number of rotatable bonds is 0. The summed E-state index contributed by atoms with van der Waals surface area (Å²) in [7, 11) is 0. The van der Waals surface area contributed by atoms with Crippen molar-refractivity contribution in [1.82, 2.24) is 5.32 Å². The molecule has 2 N–H and O–H groups in total. The second kappa shape index (κ2) is 3.41. The molecule has 1 aromatic carbocycles. The molecule has 1 aliphatic rings. The van der Waals surface area contributed by atoms with Crippen molar-refractivity contribution in [3.05, 3.63) is 29.3 Å². The van der Waals surface area contributed by atoms with Crippen LogP contribution in [0.3, 0.4) is 0 Å². The SMILES string of the molecule is C[C@@H]1NCNc2cc(C(F)(F)F)ccc21. The lowest BCUT2D eigenvalue weighted by atomic mass is 10.0.